The predicted molar refractivity (Wildman–Crippen MR) is 204 cm³/mol. The van der Waals surface area contributed by atoms with Crippen molar-refractivity contribution in [1.82, 2.24) is 25.1 Å². The Balaban J connectivity index is 1.39. The molecule has 3 heterocycles. The third-order valence-electron chi connectivity index (χ3n) is 9.47. The Morgan fingerprint density at radius 1 is 1.05 bits per heavy atom. The number of alkyl halides is 5. The summed E-state index contributed by atoms with van der Waals surface area (Å²) in [4.78, 5) is 25.7. The number of nitrogens with zero attached hydrogens (tertiary/aromatic N) is 4. The lowest BCUT2D eigenvalue weighted by Gasteiger charge is -2.22. The molecule has 2 unspecified atom stereocenters. The largest absolute Gasteiger partial charge is 0.593 e. The summed E-state index contributed by atoms with van der Waals surface area (Å²) < 4.78 is 116. The summed E-state index contributed by atoms with van der Waals surface area (Å²) >= 11 is -1.48. The van der Waals surface area contributed by atoms with E-state index in [4.69, 9.17) is 10.7 Å². The number of halogens is 7. The van der Waals surface area contributed by atoms with Crippen LogP contribution in [0.4, 0.5) is 36.6 Å². The molecular formula is C39H33F7N8O2S. The van der Waals surface area contributed by atoms with Gasteiger partial charge in [-0.2, -0.15) is 31.8 Å². The Morgan fingerprint density at radius 2 is 1.77 bits per heavy atom. The molecule has 7 rings (SSSR count). The maximum Gasteiger partial charge on any atom is 0.431 e. The lowest BCUT2D eigenvalue weighted by atomic mass is 9.93. The fraction of sp³-hybridized carbons (Fsp3) is 0.231. The van der Waals surface area contributed by atoms with Gasteiger partial charge in [0.15, 0.2) is 5.82 Å². The molecule has 5 N–H and O–H groups in total. The number of pyridine rings is 1. The van der Waals surface area contributed by atoms with Gasteiger partial charge < -0.3 is 20.6 Å². The molecule has 0 saturated heterocycles. The highest BCUT2D eigenvalue weighted by Gasteiger charge is 2.48. The number of H-pyrrole nitrogens is 1. The number of aromatic nitrogens is 4. The summed E-state index contributed by atoms with van der Waals surface area (Å²) in [6.45, 7) is -1.03. The first kappa shape index (κ1) is 39.4. The number of anilines is 1. The molecule has 0 radical (unpaired) electrons. The smallest absolute Gasteiger partial charge is 0.431 e. The number of allylic oxidation sites excluding steroid dienone is 2. The van der Waals surface area contributed by atoms with E-state index in [-0.39, 0.29) is 17.7 Å². The quantitative estimate of drug-likeness (QED) is 0.0820. The molecule has 3 aromatic heterocycles. The number of aryl methyl sites for hydroxylation is 1. The van der Waals surface area contributed by atoms with Crippen molar-refractivity contribution in [3.63, 3.8) is 0 Å². The first-order valence-corrected chi connectivity index (χ1v) is 18.9. The molecule has 10 nitrogen and oxygen atoms in total. The molecule has 1 aliphatic carbocycles. The number of amides is 1. The highest BCUT2D eigenvalue weighted by Crippen LogP contribution is 2.41. The van der Waals surface area contributed by atoms with Gasteiger partial charge in [0.2, 0.25) is 5.91 Å². The molecule has 57 heavy (non-hydrogen) atoms. The van der Waals surface area contributed by atoms with Crippen LogP contribution in [-0.4, -0.2) is 60.8 Å². The molecule has 296 valence electrons. The lowest BCUT2D eigenvalue weighted by Crippen LogP contribution is -2.34. The number of aliphatic imine (C=N–C) groups is 1. The van der Waals surface area contributed by atoms with Crippen molar-refractivity contribution >= 4 is 50.7 Å². The summed E-state index contributed by atoms with van der Waals surface area (Å²) in [6.07, 6.45) is -5.62. The van der Waals surface area contributed by atoms with Gasteiger partial charge in [-0.15, -0.1) is 0 Å². The lowest BCUT2D eigenvalue weighted by molar-refractivity contribution is -0.120. The summed E-state index contributed by atoms with van der Waals surface area (Å²) in [5.41, 5.74) is 5.67. The van der Waals surface area contributed by atoms with Gasteiger partial charge in [-0.05, 0) is 54.3 Å². The maximum atomic E-state index is 14.9. The molecule has 2 atom stereocenters. The number of hydrogen-bond acceptors (Lipinski definition) is 7. The average Bonchev–Trinajstić information content (AvgIpc) is 3.80. The van der Waals surface area contributed by atoms with E-state index < -0.39 is 83.4 Å². The number of para-hydroxylation sites is 1. The second kappa shape index (κ2) is 15.2. The number of nitrogens with two attached hydrogens (primary N) is 1. The van der Waals surface area contributed by atoms with Gasteiger partial charge in [0.1, 0.15) is 35.8 Å². The van der Waals surface area contributed by atoms with Crippen LogP contribution in [0.15, 0.2) is 95.1 Å². The van der Waals surface area contributed by atoms with Crippen LogP contribution in [0, 0.1) is 11.6 Å². The number of benzene rings is 3. The van der Waals surface area contributed by atoms with Crippen LogP contribution < -0.4 is 15.8 Å². The maximum absolute atomic E-state index is 14.9. The number of carbonyl (C=O) groups excluding carboxylic acids is 1. The second-order valence-electron chi connectivity index (χ2n) is 13.5. The van der Waals surface area contributed by atoms with Gasteiger partial charge in [-0.1, -0.05) is 42.5 Å². The van der Waals surface area contributed by atoms with Crippen LogP contribution in [-0.2, 0) is 29.6 Å². The highest BCUT2D eigenvalue weighted by molar-refractivity contribution is 7.92. The predicted octanol–water partition coefficient (Wildman–Crippen LogP) is 7.81. The van der Waals surface area contributed by atoms with Crippen LogP contribution in [0.1, 0.15) is 30.1 Å². The highest BCUT2D eigenvalue weighted by atomic mass is 32.2. The molecule has 0 spiro atoms. The summed E-state index contributed by atoms with van der Waals surface area (Å²) in [5.74, 6) is -6.27. The number of hydrogen-bond donors (Lipinski definition) is 4. The SMILES string of the molecule is Cn1nc(N[S+](C)[O-])c2cccc(-c3cc4[nH]c(-c5ccccc5)cc4nc3C(Cc3cc(F)cc(F)c3)NC(=O)CN=C3C(=C(N)C(F)(F)F)CCC3(F)F)c21. The van der Waals surface area contributed by atoms with Gasteiger partial charge in [0.25, 0.3) is 5.92 Å². The Bertz CT molecular complexity index is 2550. The Labute approximate surface area is 323 Å². The Morgan fingerprint density at radius 3 is 2.46 bits per heavy atom. The van der Waals surface area contributed by atoms with E-state index in [2.05, 4.69) is 25.1 Å². The molecule has 1 amide bonds. The zero-order valence-corrected chi connectivity index (χ0v) is 31.0. The first-order chi connectivity index (χ1) is 27.0. The average molecular weight is 811 g/mol. The Kier molecular flexibility index (Phi) is 10.5. The standard InChI is InChI=1S/C39H33F7N8O2S/c1-54-34-24(9-6-10-25(34)37(52-54)53-57(2)56)27-17-29-30(18-28(49-29)21-7-4-3-5-8-21)51-33(27)31(15-20-13-22(40)16-23(41)14-20)50-32(55)19-48-36-26(11-12-38(36,42)43)35(47)39(44,45)46/h3-10,13-14,16-18,31,49H,11-12,15,19,47H2,1-2H3,(H,50,55)(H,52,53). The summed E-state index contributed by atoms with van der Waals surface area (Å²) in [5, 5.41) is 7.79. The van der Waals surface area contributed by atoms with E-state index in [1.165, 1.54) is 6.26 Å². The summed E-state index contributed by atoms with van der Waals surface area (Å²) in [7, 11) is 1.67. The minimum absolute atomic E-state index is 0.0946. The van der Waals surface area contributed by atoms with Crippen molar-refractivity contribution in [3.8, 4) is 22.4 Å². The Hall–Kier alpha value is -5.88. The van der Waals surface area contributed by atoms with Crippen molar-refractivity contribution < 1.29 is 40.1 Å². The number of fused-ring (bicyclic) bond motifs is 2. The molecule has 1 aliphatic rings. The second-order valence-corrected chi connectivity index (χ2v) is 14.6. The van der Waals surface area contributed by atoms with E-state index in [0.29, 0.717) is 50.6 Å². The van der Waals surface area contributed by atoms with E-state index in [9.17, 15) is 40.1 Å². The number of carbonyl (C=O) groups is 1. The topological polar surface area (TPSA) is 149 Å². The molecule has 6 aromatic rings. The van der Waals surface area contributed by atoms with Crippen LogP contribution in [0.5, 0.6) is 0 Å². The van der Waals surface area contributed by atoms with E-state index in [1.807, 2.05) is 30.3 Å². The van der Waals surface area contributed by atoms with Gasteiger partial charge in [0.05, 0.1) is 39.6 Å². The minimum Gasteiger partial charge on any atom is -0.593 e. The van der Waals surface area contributed by atoms with Gasteiger partial charge in [-0.25, -0.2) is 13.8 Å². The number of rotatable bonds is 10. The molecule has 1 fully saturated rings. The van der Waals surface area contributed by atoms with Gasteiger partial charge in [0, 0.05) is 47.3 Å². The van der Waals surface area contributed by atoms with Crippen molar-refractivity contribution in [2.45, 2.75) is 37.4 Å². The molecule has 0 aliphatic heterocycles. The third-order valence-corrected chi connectivity index (χ3v) is 9.95. The van der Waals surface area contributed by atoms with Crippen LogP contribution in [0.25, 0.3) is 44.3 Å². The first-order valence-electron chi connectivity index (χ1n) is 17.4. The summed E-state index contributed by atoms with van der Waals surface area (Å²) in [6, 6.07) is 19.7. The van der Waals surface area contributed by atoms with Crippen molar-refractivity contribution in [2.75, 3.05) is 17.5 Å². The van der Waals surface area contributed by atoms with E-state index in [1.54, 1.807) is 42.1 Å². The number of nitrogens with one attached hydrogen (secondary N) is 3. The van der Waals surface area contributed by atoms with Gasteiger partial charge in [-0.3, -0.25) is 14.5 Å². The van der Waals surface area contributed by atoms with Crippen LogP contribution in [0.3, 0.4) is 0 Å². The zero-order chi connectivity index (χ0) is 40.8. The van der Waals surface area contributed by atoms with Crippen LogP contribution >= 0.6 is 0 Å². The molecule has 18 heteroatoms. The van der Waals surface area contributed by atoms with Crippen molar-refractivity contribution in [2.24, 2.45) is 17.8 Å². The van der Waals surface area contributed by atoms with E-state index in [0.717, 1.165) is 17.7 Å². The fourth-order valence-corrected chi connectivity index (χ4v) is 7.47. The van der Waals surface area contributed by atoms with E-state index >= 15 is 0 Å². The molecular weight excluding hydrogens is 778 g/mol. The number of aromatic amines is 1. The molecule has 1 saturated carbocycles. The normalized spacial score (nSPS) is 17.0. The van der Waals surface area contributed by atoms with Crippen molar-refractivity contribution in [3.05, 3.63) is 113 Å². The van der Waals surface area contributed by atoms with Crippen molar-refractivity contribution in [1.29, 1.82) is 0 Å². The zero-order valence-electron chi connectivity index (χ0n) is 30.1. The van der Waals surface area contributed by atoms with Crippen LogP contribution in [0.2, 0.25) is 0 Å². The monoisotopic (exact) mass is 810 g/mol. The molecule has 3 aromatic carbocycles. The minimum atomic E-state index is -5.11. The third kappa shape index (κ3) is 8.18. The molecule has 0 bridgehead atoms. The van der Waals surface area contributed by atoms with Gasteiger partial charge >= 0.3 is 6.18 Å². The fourth-order valence-electron chi connectivity index (χ4n) is 7.05.